The fourth-order valence-corrected chi connectivity index (χ4v) is 3.81. The van der Waals surface area contributed by atoms with Crippen molar-refractivity contribution < 1.29 is 27.8 Å². The molecule has 36 heavy (non-hydrogen) atoms. The van der Waals surface area contributed by atoms with Crippen molar-refractivity contribution in [2.45, 2.75) is 13.0 Å². The van der Waals surface area contributed by atoms with Gasteiger partial charge in [0, 0.05) is 24.2 Å². The molecule has 1 aliphatic rings. The maximum atomic E-state index is 13.5. The van der Waals surface area contributed by atoms with Gasteiger partial charge in [0.25, 0.3) is 5.91 Å². The van der Waals surface area contributed by atoms with E-state index in [1.807, 2.05) is 4.90 Å². The van der Waals surface area contributed by atoms with Crippen LogP contribution in [0.4, 0.5) is 20.2 Å². The van der Waals surface area contributed by atoms with Gasteiger partial charge >= 0.3 is 0 Å². The Morgan fingerprint density at radius 2 is 1.92 bits per heavy atom. The summed E-state index contributed by atoms with van der Waals surface area (Å²) in [5.41, 5.74) is 2.01. The molecule has 2 N–H and O–H groups in total. The lowest BCUT2D eigenvalue weighted by Gasteiger charge is -2.31. The molecule has 3 aromatic rings. The molecular formula is C26H26F2N4O4. The lowest BCUT2D eigenvalue weighted by Crippen LogP contribution is -2.47. The minimum atomic E-state index is -1.09. The van der Waals surface area contributed by atoms with Gasteiger partial charge in [-0.1, -0.05) is 12.1 Å². The van der Waals surface area contributed by atoms with Crippen LogP contribution >= 0.6 is 0 Å². The number of carbonyl (C=O) groups excluding carboxylic acids is 2. The first-order valence-corrected chi connectivity index (χ1v) is 11.4. The highest BCUT2D eigenvalue weighted by molar-refractivity contribution is 6.06. The second-order valence-corrected chi connectivity index (χ2v) is 8.17. The molecule has 0 aliphatic carbocycles. The summed E-state index contributed by atoms with van der Waals surface area (Å²) < 4.78 is 36.7. The molecule has 2 aromatic carbocycles. The number of halogens is 2. The summed E-state index contributed by atoms with van der Waals surface area (Å²) >= 11 is 0. The Hall–Kier alpha value is -3.89. The van der Waals surface area contributed by atoms with Crippen LogP contribution in [0.1, 0.15) is 17.3 Å². The molecule has 4 rings (SSSR count). The molecule has 188 valence electrons. The fraction of sp³-hybridized carbons (Fsp3) is 0.269. The Bertz CT molecular complexity index is 1220. The van der Waals surface area contributed by atoms with Crippen LogP contribution in [-0.4, -0.2) is 60.9 Å². The maximum absolute atomic E-state index is 13.5. The fourth-order valence-electron chi connectivity index (χ4n) is 3.81. The molecule has 1 unspecified atom stereocenters. The van der Waals surface area contributed by atoms with Crippen LogP contribution in [0.3, 0.4) is 0 Å². The van der Waals surface area contributed by atoms with Gasteiger partial charge in [0.1, 0.15) is 11.6 Å². The summed E-state index contributed by atoms with van der Waals surface area (Å²) in [7, 11) is 0. The highest BCUT2D eigenvalue weighted by atomic mass is 19.1. The Kier molecular flexibility index (Phi) is 8.19. The van der Waals surface area contributed by atoms with E-state index in [0.29, 0.717) is 43.2 Å². The largest absolute Gasteiger partial charge is 0.461 e. The number of hydrogen-bond acceptors (Lipinski definition) is 6. The molecule has 1 fully saturated rings. The number of aromatic nitrogens is 1. The Balaban J connectivity index is 1.47. The van der Waals surface area contributed by atoms with E-state index >= 15 is 0 Å². The monoisotopic (exact) mass is 496 g/mol. The number of morpholine rings is 1. The van der Waals surface area contributed by atoms with Gasteiger partial charge in [0.15, 0.2) is 0 Å². The van der Waals surface area contributed by atoms with Gasteiger partial charge < -0.3 is 20.1 Å². The molecule has 1 atom stereocenters. The molecule has 0 spiro atoms. The lowest BCUT2D eigenvalue weighted by molar-refractivity contribution is -0.122. The number of nitrogens with one attached hydrogen (secondary N) is 2. The van der Waals surface area contributed by atoms with E-state index in [0.717, 1.165) is 0 Å². The van der Waals surface area contributed by atoms with E-state index in [1.165, 1.54) is 36.5 Å². The number of alkyl halides is 1. The summed E-state index contributed by atoms with van der Waals surface area (Å²) in [5.74, 6) is -1.03. The lowest BCUT2D eigenvalue weighted by atomic mass is 10.1. The highest BCUT2D eigenvalue weighted by Gasteiger charge is 2.24. The average Bonchev–Trinajstić information content (AvgIpc) is 2.90. The predicted molar refractivity (Wildman–Crippen MR) is 131 cm³/mol. The first kappa shape index (κ1) is 25.2. The van der Waals surface area contributed by atoms with Gasteiger partial charge in [0.05, 0.1) is 42.5 Å². The van der Waals surface area contributed by atoms with Crippen LogP contribution in [0.15, 0.2) is 60.8 Å². The Morgan fingerprint density at radius 1 is 1.11 bits per heavy atom. The first-order chi connectivity index (χ1) is 17.4. The third-order valence-corrected chi connectivity index (χ3v) is 5.82. The molecule has 0 radical (unpaired) electrons. The number of anilines is 2. The molecule has 2 heterocycles. The normalized spacial score (nSPS) is 14.6. The number of amides is 2. The van der Waals surface area contributed by atoms with Crippen molar-refractivity contribution >= 4 is 23.2 Å². The van der Waals surface area contributed by atoms with Crippen LogP contribution in [0.2, 0.25) is 0 Å². The van der Waals surface area contributed by atoms with Crippen LogP contribution in [0.5, 0.6) is 5.75 Å². The van der Waals surface area contributed by atoms with Crippen molar-refractivity contribution in [3.05, 3.63) is 72.2 Å². The SMILES string of the molecule is CC(C(=O)Nc1cc(C(=O)Nc2ccc(-c3cccc(F)c3)nc2)ccc1OCF)N1CCOCC1. The molecule has 1 saturated heterocycles. The topological polar surface area (TPSA) is 92.8 Å². The smallest absolute Gasteiger partial charge is 0.255 e. The average molecular weight is 497 g/mol. The van der Waals surface area contributed by atoms with Crippen molar-refractivity contribution in [2.75, 3.05) is 43.8 Å². The van der Waals surface area contributed by atoms with Crippen LogP contribution in [0.25, 0.3) is 11.3 Å². The Labute approximate surface area is 207 Å². The van der Waals surface area contributed by atoms with Crippen molar-refractivity contribution in [1.82, 2.24) is 9.88 Å². The van der Waals surface area contributed by atoms with Crippen LogP contribution in [-0.2, 0) is 9.53 Å². The molecule has 2 amide bonds. The predicted octanol–water partition coefficient (Wildman–Crippen LogP) is 4.11. The van der Waals surface area contributed by atoms with Crippen molar-refractivity contribution in [1.29, 1.82) is 0 Å². The standard InChI is InChI=1S/C26H26F2N4O4/c1-17(32-9-11-35-12-10-32)25(33)31-23-14-19(5-8-24(23)36-16-27)26(34)30-21-6-7-22(29-15-21)18-3-2-4-20(28)13-18/h2-8,13-15,17H,9-12,16H2,1H3,(H,30,34)(H,31,33). The molecule has 1 aliphatic heterocycles. The number of benzene rings is 2. The number of pyridine rings is 1. The molecule has 0 saturated carbocycles. The molecule has 0 bridgehead atoms. The van der Waals surface area contributed by atoms with Crippen LogP contribution in [0, 0.1) is 5.82 Å². The number of carbonyl (C=O) groups is 2. The zero-order valence-corrected chi connectivity index (χ0v) is 19.7. The van der Waals surface area contributed by atoms with Crippen molar-refractivity contribution in [2.24, 2.45) is 0 Å². The summed E-state index contributed by atoms with van der Waals surface area (Å²) in [4.78, 5) is 32.0. The van der Waals surface area contributed by atoms with E-state index < -0.39 is 18.8 Å². The quantitative estimate of drug-likeness (QED) is 0.488. The second kappa shape index (κ2) is 11.7. The number of rotatable bonds is 8. The maximum Gasteiger partial charge on any atom is 0.255 e. The van der Waals surface area contributed by atoms with Gasteiger partial charge in [-0.3, -0.25) is 19.5 Å². The molecule has 1 aromatic heterocycles. The minimum Gasteiger partial charge on any atom is -0.461 e. The first-order valence-electron chi connectivity index (χ1n) is 11.4. The summed E-state index contributed by atoms with van der Waals surface area (Å²) in [5, 5.41) is 5.48. The van der Waals surface area contributed by atoms with E-state index in [-0.39, 0.29) is 28.7 Å². The summed E-state index contributed by atoms with van der Waals surface area (Å²) in [6.07, 6.45) is 1.46. The molecule has 8 nitrogen and oxygen atoms in total. The van der Waals surface area contributed by atoms with Crippen molar-refractivity contribution in [3.63, 3.8) is 0 Å². The van der Waals surface area contributed by atoms with Gasteiger partial charge in [-0.25, -0.2) is 8.78 Å². The Morgan fingerprint density at radius 3 is 2.61 bits per heavy atom. The highest BCUT2D eigenvalue weighted by Crippen LogP contribution is 2.27. The second-order valence-electron chi connectivity index (χ2n) is 8.17. The third-order valence-electron chi connectivity index (χ3n) is 5.82. The summed E-state index contributed by atoms with van der Waals surface area (Å²) in [6.45, 7) is 3.01. The van der Waals surface area contributed by atoms with E-state index in [2.05, 4.69) is 15.6 Å². The zero-order chi connectivity index (χ0) is 25.5. The van der Waals surface area contributed by atoms with E-state index in [9.17, 15) is 18.4 Å². The molecular weight excluding hydrogens is 470 g/mol. The number of nitrogens with zero attached hydrogens (tertiary/aromatic N) is 2. The number of ether oxygens (including phenoxy) is 2. The van der Waals surface area contributed by atoms with Gasteiger partial charge in [-0.05, 0) is 49.4 Å². The van der Waals surface area contributed by atoms with Gasteiger partial charge in [-0.15, -0.1) is 0 Å². The summed E-state index contributed by atoms with van der Waals surface area (Å²) in [6, 6.07) is 13.2. The van der Waals surface area contributed by atoms with E-state index in [4.69, 9.17) is 9.47 Å². The van der Waals surface area contributed by atoms with Gasteiger partial charge in [0.2, 0.25) is 12.8 Å². The molecule has 10 heteroatoms. The van der Waals surface area contributed by atoms with Crippen LogP contribution < -0.4 is 15.4 Å². The third kappa shape index (κ3) is 6.21. The van der Waals surface area contributed by atoms with E-state index in [1.54, 1.807) is 31.2 Å². The number of hydrogen-bond donors (Lipinski definition) is 2. The zero-order valence-electron chi connectivity index (χ0n) is 19.7. The minimum absolute atomic E-state index is 0.109. The van der Waals surface area contributed by atoms with Gasteiger partial charge in [-0.2, -0.15) is 0 Å². The van der Waals surface area contributed by atoms with Crippen molar-refractivity contribution in [3.8, 4) is 17.0 Å².